The van der Waals surface area contributed by atoms with Crippen molar-refractivity contribution >= 4 is 23.2 Å². The van der Waals surface area contributed by atoms with E-state index in [9.17, 15) is 9.59 Å². The number of carbonyl (C=O) groups excluding carboxylic acids is 2. The summed E-state index contributed by atoms with van der Waals surface area (Å²) in [6, 6.07) is 10.8. The second kappa shape index (κ2) is 7.00. The number of para-hydroxylation sites is 1. The van der Waals surface area contributed by atoms with Crippen LogP contribution in [0.15, 0.2) is 48.0 Å². The van der Waals surface area contributed by atoms with Crippen LogP contribution < -0.4 is 0 Å². The maximum absolute atomic E-state index is 13.3. The fraction of sp³-hybridized carbons (Fsp3) is 0.250. The third kappa shape index (κ3) is 2.94. The first-order chi connectivity index (χ1) is 13.1. The summed E-state index contributed by atoms with van der Waals surface area (Å²) in [4.78, 5) is 28.5. The van der Waals surface area contributed by atoms with Gasteiger partial charge in [-0.1, -0.05) is 18.2 Å². The maximum atomic E-state index is 13.3. The molecule has 0 bridgehead atoms. The molecule has 0 fully saturated rings. The monoisotopic (exact) mass is 381 g/mol. The molecule has 0 saturated heterocycles. The van der Waals surface area contributed by atoms with E-state index in [2.05, 4.69) is 5.10 Å². The van der Waals surface area contributed by atoms with Gasteiger partial charge in [0.05, 0.1) is 30.3 Å². The Morgan fingerprint density at radius 1 is 1.22 bits per heavy atom. The van der Waals surface area contributed by atoms with Crippen LogP contribution in [-0.2, 0) is 16.0 Å². The highest BCUT2D eigenvalue weighted by atomic mass is 32.1. The van der Waals surface area contributed by atoms with Gasteiger partial charge < -0.3 is 9.64 Å². The number of hydrogen-bond acceptors (Lipinski definition) is 5. The van der Waals surface area contributed by atoms with Gasteiger partial charge in [0.1, 0.15) is 0 Å². The van der Waals surface area contributed by atoms with Crippen molar-refractivity contribution in [3.05, 3.63) is 69.7 Å². The zero-order valence-electron chi connectivity index (χ0n) is 15.1. The highest BCUT2D eigenvalue weighted by Crippen LogP contribution is 2.35. The molecule has 27 heavy (non-hydrogen) atoms. The van der Waals surface area contributed by atoms with Crippen LogP contribution in [0, 0.1) is 6.92 Å². The number of benzene rings is 1. The quantitative estimate of drug-likeness (QED) is 0.654. The average Bonchev–Trinajstić information content (AvgIpc) is 3.33. The molecular formula is C20H19N3O3S. The number of amides is 1. The molecule has 138 valence electrons. The Kier molecular flexibility index (Phi) is 4.53. The number of esters is 1. The van der Waals surface area contributed by atoms with Crippen molar-refractivity contribution < 1.29 is 14.3 Å². The summed E-state index contributed by atoms with van der Waals surface area (Å²) < 4.78 is 6.72. The van der Waals surface area contributed by atoms with Gasteiger partial charge in [-0.15, -0.1) is 11.3 Å². The molecule has 3 aromatic rings. The fourth-order valence-electron chi connectivity index (χ4n) is 3.50. The molecule has 1 aliphatic rings. The Hall–Kier alpha value is -2.93. The molecule has 0 saturated carbocycles. The number of carbonyl (C=O) groups is 2. The van der Waals surface area contributed by atoms with Gasteiger partial charge in [0.25, 0.3) is 5.91 Å². The smallest absolute Gasteiger partial charge is 0.333 e. The molecule has 3 heterocycles. The van der Waals surface area contributed by atoms with Crippen molar-refractivity contribution in [2.24, 2.45) is 0 Å². The van der Waals surface area contributed by atoms with Gasteiger partial charge in [0, 0.05) is 11.4 Å². The van der Waals surface area contributed by atoms with Crippen LogP contribution in [-0.4, -0.2) is 40.2 Å². The SMILES string of the molecule is COC(=O)C1c2ccsc2CCN1C(=O)c1cnn(-c2ccccc2)c1C. The van der Waals surface area contributed by atoms with Crippen LogP contribution in [0.3, 0.4) is 0 Å². The van der Waals surface area contributed by atoms with Crippen molar-refractivity contribution in [1.82, 2.24) is 14.7 Å². The van der Waals surface area contributed by atoms with E-state index in [1.165, 1.54) is 7.11 Å². The number of nitrogens with zero attached hydrogens (tertiary/aromatic N) is 3. The normalized spacial score (nSPS) is 16.1. The molecule has 7 heteroatoms. The van der Waals surface area contributed by atoms with E-state index < -0.39 is 12.0 Å². The molecule has 0 radical (unpaired) electrons. The largest absolute Gasteiger partial charge is 0.467 e. The van der Waals surface area contributed by atoms with Gasteiger partial charge in [-0.2, -0.15) is 5.10 Å². The molecule has 4 rings (SSSR count). The topological polar surface area (TPSA) is 64.4 Å². The van der Waals surface area contributed by atoms with E-state index in [0.717, 1.165) is 28.2 Å². The molecule has 0 spiro atoms. The van der Waals surface area contributed by atoms with E-state index in [1.807, 2.05) is 48.7 Å². The summed E-state index contributed by atoms with van der Waals surface area (Å²) in [6.45, 7) is 2.34. The average molecular weight is 381 g/mol. The molecule has 2 aromatic heterocycles. The van der Waals surface area contributed by atoms with Gasteiger partial charge in [-0.3, -0.25) is 4.79 Å². The number of thiophene rings is 1. The van der Waals surface area contributed by atoms with E-state index >= 15 is 0 Å². The van der Waals surface area contributed by atoms with Crippen LogP contribution in [0.1, 0.15) is 32.5 Å². The molecule has 6 nitrogen and oxygen atoms in total. The van der Waals surface area contributed by atoms with Crippen molar-refractivity contribution in [3.8, 4) is 5.69 Å². The van der Waals surface area contributed by atoms with E-state index in [-0.39, 0.29) is 5.91 Å². The summed E-state index contributed by atoms with van der Waals surface area (Å²) in [5.41, 5.74) is 2.98. The van der Waals surface area contributed by atoms with Gasteiger partial charge >= 0.3 is 5.97 Å². The molecule has 1 aliphatic heterocycles. The fourth-order valence-corrected chi connectivity index (χ4v) is 4.41. The van der Waals surface area contributed by atoms with Crippen LogP contribution in [0.5, 0.6) is 0 Å². The second-order valence-corrected chi connectivity index (χ2v) is 7.37. The van der Waals surface area contributed by atoms with Gasteiger partial charge in [-0.05, 0) is 42.5 Å². The highest BCUT2D eigenvalue weighted by molar-refractivity contribution is 7.10. The summed E-state index contributed by atoms with van der Waals surface area (Å²) in [7, 11) is 1.35. The van der Waals surface area contributed by atoms with Crippen LogP contribution in [0.2, 0.25) is 0 Å². The minimum absolute atomic E-state index is 0.207. The van der Waals surface area contributed by atoms with Gasteiger partial charge in [0.15, 0.2) is 6.04 Å². The van der Waals surface area contributed by atoms with Crippen molar-refractivity contribution in [2.45, 2.75) is 19.4 Å². The first-order valence-corrected chi connectivity index (χ1v) is 9.55. The number of methoxy groups -OCH3 is 1. The molecule has 1 unspecified atom stereocenters. The van der Waals surface area contributed by atoms with Gasteiger partial charge in [-0.25, -0.2) is 9.48 Å². The zero-order chi connectivity index (χ0) is 19.0. The Morgan fingerprint density at radius 3 is 2.74 bits per heavy atom. The predicted octanol–water partition coefficient (Wildman–Crippen LogP) is 3.15. The summed E-state index contributed by atoms with van der Waals surface area (Å²) in [6.07, 6.45) is 2.31. The molecule has 0 aliphatic carbocycles. The van der Waals surface area contributed by atoms with Crippen molar-refractivity contribution in [1.29, 1.82) is 0 Å². The second-order valence-electron chi connectivity index (χ2n) is 6.36. The van der Waals surface area contributed by atoms with Crippen LogP contribution >= 0.6 is 11.3 Å². The van der Waals surface area contributed by atoms with E-state index in [4.69, 9.17) is 4.74 Å². The van der Waals surface area contributed by atoms with E-state index in [1.54, 1.807) is 27.1 Å². The lowest BCUT2D eigenvalue weighted by atomic mass is 9.99. The minimum Gasteiger partial charge on any atom is -0.467 e. The summed E-state index contributed by atoms with van der Waals surface area (Å²) in [5, 5.41) is 6.33. The maximum Gasteiger partial charge on any atom is 0.333 e. The Morgan fingerprint density at radius 2 is 2.00 bits per heavy atom. The van der Waals surface area contributed by atoms with Crippen LogP contribution in [0.25, 0.3) is 5.69 Å². The number of aromatic nitrogens is 2. The lowest BCUT2D eigenvalue weighted by Gasteiger charge is -2.33. The molecule has 0 N–H and O–H groups in total. The first-order valence-electron chi connectivity index (χ1n) is 8.67. The first kappa shape index (κ1) is 17.5. The standard InChI is InChI=1S/C20H19N3O3S/c1-13-16(12-21-23(13)14-6-4-3-5-7-14)19(24)22-10-8-17-15(9-11-27-17)18(22)20(25)26-2/h3-7,9,11-12,18H,8,10H2,1-2H3. The Labute approximate surface area is 161 Å². The lowest BCUT2D eigenvalue weighted by Crippen LogP contribution is -2.43. The lowest BCUT2D eigenvalue weighted by molar-refractivity contribution is -0.146. The number of ether oxygens (including phenoxy) is 1. The van der Waals surface area contributed by atoms with Crippen molar-refractivity contribution in [2.75, 3.05) is 13.7 Å². The molecule has 1 aromatic carbocycles. The van der Waals surface area contributed by atoms with Gasteiger partial charge in [0.2, 0.25) is 0 Å². The summed E-state index contributed by atoms with van der Waals surface area (Å²) >= 11 is 1.61. The molecular weight excluding hydrogens is 362 g/mol. The number of rotatable bonds is 3. The molecule has 1 amide bonds. The minimum atomic E-state index is -0.711. The Balaban J connectivity index is 1.70. The third-order valence-electron chi connectivity index (χ3n) is 4.89. The van der Waals surface area contributed by atoms with Crippen LogP contribution in [0.4, 0.5) is 0 Å². The predicted molar refractivity (Wildman–Crippen MR) is 102 cm³/mol. The highest BCUT2D eigenvalue weighted by Gasteiger charge is 2.38. The van der Waals surface area contributed by atoms with E-state index in [0.29, 0.717) is 12.1 Å². The third-order valence-corrected chi connectivity index (χ3v) is 5.89. The number of fused-ring (bicyclic) bond motifs is 1. The van der Waals surface area contributed by atoms with Crippen molar-refractivity contribution in [3.63, 3.8) is 0 Å². The Bertz CT molecular complexity index is 993. The summed E-state index contributed by atoms with van der Waals surface area (Å²) in [5.74, 6) is -0.627. The number of hydrogen-bond donors (Lipinski definition) is 0. The molecule has 1 atom stereocenters. The zero-order valence-corrected chi connectivity index (χ0v) is 15.9.